The van der Waals surface area contributed by atoms with E-state index in [-0.39, 0.29) is 0 Å². The van der Waals surface area contributed by atoms with Crippen molar-refractivity contribution in [2.45, 2.75) is 39.2 Å². The van der Waals surface area contributed by atoms with Gasteiger partial charge in [-0.15, -0.1) is 0 Å². The summed E-state index contributed by atoms with van der Waals surface area (Å²) in [6.07, 6.45) is 5.78. The fourth-order valence-corrected chi connectivity index (χ4v) is 2.11. The molecule has 0 spiro atoms. The van der Waals surface area contributed by atoms with E-state index in [2.05, 4.69) is 16.9 Å². The molecule has 4 heteroatoms. The summed E-state index contributed by atoms with van der Waals surface area (Å²) in [6, 6.07) is 8.20. The predicted octanol–water partition coefficient (Wildman–Crippen LogP) is 3.77. The lowest BCUT2D eigenvalue weighted by atomic mass is 9.97. The normalized spacial score (nSPS) is 12.1. The Labute approximate surface area is 125 Å². The zero-order valence-corrected chi connectivity index (χ0v) is 12.6. The molecule has 0 amide bonds. The van der Waals surface area contributed by atoms with Crippen molar-refractivity contribution in [3.63, 3.8) is 0 Å². The van der Waals surface area contributed by atoms with E-state index in [4.69, 9.17) is 4.74 Å². The number of aliphatic hydroxyl groups is 1. The van der Waals surface area contributed by atoms with Crippen molar-refractivity contribution in [1.29, 1.82) is 0 Å². The molecule has 0 saturated heterocycles. The molecule has 0 fully saturated rings. The van der Waals surface area contributed by atoms with Crippen LogP contribution in [0.4, 0.5) is 0 Å². The maximum Gasteiger partial charge on any atom is 0.316 e. The van der Waals surface area contributed by atoms with E-state index < -0.39 is 6.10 Å². The second-order valence-corrected chi connectivity index (χ2v) is 4.97. The summed E-state index contributed by atoms with van der Waals surface area (Å²) in [7, 11) is 0. The summed E-state index contributed by atoms with van der Waals surface area (Å²) >= 11 is 0. The monoisotopic (exact) mass is 286 g/mol. The van der Waals surface area contributed by atoms with E-state index in [1.165, 1.54) is 0 Å². The first-order valence-corrected chi connectivity index (χ1v) is 7.48. The summed E-state index contributed by atoms with van der Waals surface area (Å²) in [5.41, 5.74) is 2.76. The van der Waals surface area contributed by atoms with Crippen LogP contribution in [0.3, 0.4) is 0 Å². The van der Waals surface area contributed by atoms with Gasteiger partial charge in [0.15, 0.2) is 0 Å². The minimum Gasteiger partial charge on any atom is -0.463 e. The van der Waals surface area contributed by atoms with E-state index in [9.17, 15) is 5.11 Å². The number of hydrogen-bond donors (Lipinski definition) is 1. The Bertz CT molecular complexity index is 555. The van der Waals surface area contributed by atoms with E-state index in [0.717, 1.165) is 29.5 Å². The van der Waals surface area contributed by atoms with Crippen molar-refractivity contribution in [1.82, 2.24) is 9.97 Å². The average molecular weight is 286 g/mol. The first kappa shape index (κ1) is 15.4. The first-order valence-electron chi connectivity index (χ1n) is 7.48. The highest BCUT2D eigenvalue weighted by molar-refractivity contribution is 5.66. The van der Waals surface area contributed by atoms with Crippen LogP contribution in [0.1, 0.15) is 44.8 Å². The van der Waals surface area contributed by atoms with Crippen molar-refractivity contribution in [3.8, 4) is 17.1 Å². The summed E-state index contributed by atoms with van der Waals surface area (Å²) in [6.45, 7) is 4.72. The number of benzene rings is 1. The molecule has 2 aromatic rings. The van der Waals surface area contributed by atoms with E-state index in [1.54, 1.807) is 12.4 Å². The van der Waals surface area contributed by atoms with Gasteiger partial charge in [-0.3, -0.25) is 0 Å². The number of ether oxygens (including phenoxy) is 1. The Morgan fingerprint density at radius 2 is 1.86 bits per heavy atom. The highest BCUT2D eigenvalue weighted by atomic mass is 16.5. The van der Waals surface area contributed by atoms with Gasteiger partial charge in [0.25, 0.3) is 0 Å². The Balaban J connectivity index is 2.19. The number of hydrogen-bond acceptors (Lipinski definition) is 4. The fourth-order valence-electron chi connectivity index (χ4n) is 2.11. The molecule has 1 N–H and O–H groups in total. The molecular formula is C17H22N2O2. The fraction of sp³-hybridized carbons (Fsp3) is 0.412. The lowest BCUT2D eigenvalue weighted by molar-refractivity contribution is 0.174. The summed E-state index contributed by atoms with van der Waals surface area (Å²) < 4.78 is 5.46. The lowest BCUT2D eigenvalue weighted by Gasteiger charge is -2.14. The molecule has 0 bridgehead atoms. The third kappa shape index (κ3) is 4.02. The van der Waals surface area contributed by atoms with Crippen molar-refractivity contribution in [3.05, 3.63) is 42.2 Å². The summed E-state index contributed by atoms with van der Waals surface area (Å²) in [4.78, 5) is 8.48. The van der Waals surface area contributed by atoms with Crippen LogP contribution in [0.5, 0.6) is 6.01 Å². The Kier molecular flexibility index (Phi) is 5.69. The van der Waals surface area contributed by atoms with Gasteiger partial charge in [-0.1, -0.05) is 44.5 Å². The van der Waals surface area contributed by atoms with Crippen LogP contribution < -0.4 is 4.74 Å². The zero-order valence-electron chi connectivity index (χ0n) is 12.6. The minimum atomic E-state index is -0.471. The molecule has 1 atom stereocenters. The third-order valence-corrected chi connectivity index (χ3v) is 3.37. The molecule has 21 heavy (non-hydrogen) atoms. The van der Waals surface area contributed by atoms with Gasteiger partial charge in [0.1, 0.15) is 0 Å². The van der Waals surface area contributed by atoms with Crippen LogP contribution in [0, 0.1) is 0 Å². The molecule has 1 unspecified atom stereocenters. The topological polar surface area (TPSA) is 55.2 Å². The summed E-state index contributed by atoms with van der Waals surface area (Å²) in [5, 5.41) is 10.1. The van der Waals surface area contributed by atoms with Crippen LogP contribution in [0.25, 0.3) is 11.1 Å². The molecule has 1 aromatic carbocycles. The molecule has 112 valence electrons. The third-order valence-electron chi connectivity index (χ3n) is 3.37. The molecule has 2 rings (SSSR count). The van der Waals surface area contributed by atoms with E-state index >= 15 is 0 Å². The van der Waals surface area contributed by atoms with Crippen LogP contribution in [0.2, 0.25) is 0 Å². The van der Waals surface area contributed by atoms with Crippen LogP contribution in [-0.4, -0.2) is 21.7 Å². The van der Waals surface area contributed by atoms with Crippen molar-refractivity contribution in [2.24, 2.45) is 0 Å². The molecule has 0 aliphatic rings. The number of aliphatic hydroxyl groups excluding tert-OH is 1. The Morgan fingerprint density at radius 3 is 2.52 bits per heavy atom. The average Bonchev–Trinajstić information content (AvgIpc) is 2.55. The molecule has 0 radical (unpaired) electrons. The first-order chi connectivity index (χ1) is 10.3. The van der Waals surface area contributed by atoms with Gasteiger partial charge in [0, 0.05) is 18.0 Å². The molecule has 1 heterocycles. The number of nitrogens with zero attached hydrogens (tertiary/aromatic N) is 2. The summed E-state index contributed by atoms with van der Waals surface area (Å²) in [5.74, 6) is 0. The highest BCUT2D eigenvalue weighted by Gasteiger charge is 2.12. The largest absolute Gasteiger partial charge is 0.463 e. The molecule has 1 aromatic heterocycles. The zero-order chi connectivity index (χ0) is 15.1. The van der Waals surface area contributed by atoms with Gasteiger partial charge in [0.2, 0.25) is 0 Å². The van der Waals surface area contributed by atoms with Gasteiger partial charge in [-0.25, -0.2) is 9.97 Å². The highest BCUT2D eigenvalue weighted by Crippen LogP contribution is 2.29. The van der Waals surface area contributed by atoms with E-state index in [0.29, 0.717) is 19.0 Å². The van der Waals surface area contributed by atoms with Gasteiger partial charge in [0.05, 0.1) is 12.7 Å². The van der Waals surface area contributed by atoms with Gasteiger partial charge >= 0.3 is 6.01 Å². The second-order valence-electron chi connectivity index (χ2n) is 4.97. The minimum absolute atomic E-state index is 0.403. The molecule has 4 nitrogen and oxygen atoms in total. The Hall–Kier alpha value is -1.94. The lowest BCUT2D eigenvalue weighted by Crippen LogP contribution is -2.01. The van der Waals surface area contributed by atoms with Gasteiger partial charge < -0.3 is 9.84 Å². The number of unbranched alkanes of at least 4 members (excludes halogenated alkanes) is 1. The van der Waals surface area contributed by atoms with Gasteiger partial charge in [-0.05, 0) is 24.0 Å². The second kappa shape index (κ2) is 7.74. The van der Waals surface area contributed by atoms with Crippen LogP contribution in [-0.2, 0) is 0 Å². The van der Waals surface area contributed by atoms with Crippen LogP contribution >= 0.6 is 0 Å². The Morgan fingerprint density at radius 1 is 1.14 bits per heavy atom. The maximum atomic E-state index is 10.1. The predicted molar refractivity (Wildman–Crippen MR) is 83.1 cm³/mol. The van der Waals surface area contributed by atoms with Gasteiger partial charge in [-0.2, -0.15) is 0 Å². The smallest absolute Gasteiger partial charge is 0.316 e. The van der Waals surface area contributed by atoms with Crippen molar-refractivity contribution >= 4 is 0 Å². The molecule has 0 saturated carbocycles. The van der Waals surface area contributed by atoms with E-state index in [1.807, 2.05) is 31.2 Å². The maximum absolute atomic E-state index is 10.1. The van der Waals surface area contributed by atoms with Crippen molar-refractivity contribution < 1.29 is 9.84 Å². The SMILES string of the molecule is CCCCOc1ncc(-c2ccccc2C(O)CC)cn1. The molecule has 0 aliphatic heterocycles. The molecular weight excluding hydrogens is 264 g/mol. The number of rotatable bonds is 7. The number of aromatic nitrogens is 2. The standard InChI is InChI=1S/C17H22N2O2/c1-3-5-10-21-17-18-11-13(12-19-17)14-8-6-7-9-15(14)16(20)4-2/h6-9,11-12,16,20H,3-5,10H2,1-2H3. The quantitative estimate of drug-likeness (QED) is 0.787. The van der Waals surface area contributed by atoms with Crippen molar-refractivity contribution in [2.75, 3.05) is 6.61 Å². The van der Waals surface area contributed by atoms with Crippen LogP contribution in [0.15, 0.2) is 36.7 Å². The molecule has 0 aliphatic carbocycles.